The summed E-state index contributed by atoms with van der Waals surface area (Å²) >= 11 is 0. The number of nitrogens with zero attached hydrogens (tertiary/aromatic N) is 12. The molecule has 0 N–H and O–H groups in total. The van der Waals surface area contributed by atoms with Crippen LogP contribution in [0.15, 0.2) is 24.3 Å². The molecule has 6 bridgehead atoms. The average molecular weight is 546 g/mol. The van der Waals surface area contributed by atoms with E-state index in [-0.39, 0.29) is 41.6 Å². The molecule has 0 aromatic rings. The first-order valence-electron chi connectivity index (χ1n) is 9.72. The van der Waals surface area contributed by atoms with E-state index in [0.717, 1.165) is 0 Å². The first-order chi connectivity index (χ1) is 17.7. The van der Waals surface area contributed by atoms with Gasteiger partial charge in [0.05, 0.1) is 0 Å². The van der Waals surface area contributed by atoms with Crippen LogP contribution in [0.5, 0.6) is 0 Å². The summed E-state index contributed by atoms with van der Waals surface area (Å²) in [6.07, 6.45) is -9.38. The van der Waals surface area contributed by atoms with Gasteiger partial charge >= 0.3 is 0 Å². The lowest BCUT2D eigenvalue weighted by molar-refractivity contribution is -0.792. The van der Waals surface area contributed by atoms with Crippen LogP contribution in [0.4, 0.5) is 0 Å². The molecule has 6 rings (SSSR count). The van der Waals surface area contributed by atoms with Gasteiger partial charge in [0.25, 0.3) is 37.0 Å². The third-order valence-corrected chi connectivity index (χ3v) is 6.01. The molecule has 6 aliphatic rings. The summed E-state index contributed by atoms with van der Waals surface area (Å²) in [5.41, 5.74) is 0. The quantitative estimate of drug-likeness (QED) is 0.175. The molecule has 26 nitrogen and oxygen atoms in total. The molecule has 5 heterocycles. The molecule has 0 atom stereocenters. The van der Waals surface area contributed by atoms with Gasteiger partial charge in [-0.25, -0.2) is 60.7 Å². The molecule has 26 heteroatoms. The Kier molecular flexibility index (Phi) is 5.49. The Morgan fingerprint density at radius 1 is 0.395 bits per heavy atom. The molecule has 0 aromatic carbocycles. The summed E-state index contributed by atoms with van der Waals surface area (Å²) in [6, 6.07) is 0. The second-order valence-corrected chi connectivity index (χ2v) is 7.66. The van der Waals surface area contributed by atoms with Gasteiger partial charge < -0.3 is 0 Å². The second kappa shape index (κ2) is 8.30. The molecule has 0 spiro atoms. The van der Waals surface area contributed by atoms with Crippen LogP contribution in [0.25, 0.3) is 0 Å². The Morgan fingerprint density at radius 2 is 0.526 bits per heavy atom. The third-order valence-electron chi connectivity index (χ3n) is 6.01. The van der Waals surface area contributed by atoms with Gasteiger partial charge in [-0.2, -0.15) is 0 Å². The maximum Gasteiger partial charge on any atom is 0.272 e. The van der Waals surface area contributed by atoms with Crippen molar-refractivity contribution in [2.45, 2.75) is 37.0 Å². The summed E-state index contributed by atoms with van der Waals surface area (Å²) in [5, 5.41) is 60.5. The Bertz CT molecular complexity index is 1090. The lowest BCUT2D eigenvalue weighted by Crippen LogP contribution is -2.77. The van der Waals surface area contributed by atoms with Crippen molar-refractivity contribution in [3.63, 3.8) is 0 Å². The predicted octanol–water partition coefficient (Wildman–Crippen LogP) is -3.79. The zero-order valence-electron chi connectivity index (χ0n) is 17.9. The average Bonchev–Trinajstić information content (AvgIpc) is 3.25. The van der Waals surface area contributed by atoms with Gasteiger partial charge in [-0.3, -0.25) is 9.59 Å². The van der Waals surface area contributed by atoms with Crippen LogP contribution in [0.2, 0.25) is 0 Å². The minimum atomic E-state index is -2.47. The number of carbonyl (C=O) groups is 2. The number of hydrogen-bond acceptors (Lipinski definition) is 14. The van der Waals surface area contributed by atoms with E-state index in [1.165, 1.54) is 24.3 Å². The highest BCUT2D eigenvalue weighted by Crippen LogP contribution is 2.51. The smallest absolute Gasteiger partial charge is 0.272 e. The molecule has 0 saturated carbocycles. The summed E-state index contributed by atoms with van der Waals surface area (Å²) < 4.78 is 0. The number of carbonyl (C=O) groups excluding carboxylic acids is 2. The molecule has 38 heavy (non-hydrogen) atoms. The minimum Gasteiger partial charge on any atom is -0.290 e. The zero-order valence-corrected chi connectivity index (χ0v) is 17.9. The maximum absolute atomic E-state index is 11.7. The summed E-state index contributed by atoms with van der Waals surface area (Å²) in [7, 11) is 0. The lowest BCUT2D eigenvalue weighted by Gasteiger charge is -2.39. The Labute approximate surface area is 204 Å². The summed E-state index contributed by atoms with van der Waals surface area (Å²) in [5.74, 6) is -0.241. The van der Waals surface area contributed by atoms with E-state index in [0.29, 0.717) is 0 Å². The molecule has 0 amide bonds. The highest BCUT2D eigenvalue weighted by molar-refractivity contribution is 6.14. The number of allylic oxidation sites excluding steroid dienone is 4. The zero-order chi connectivity index (χ0) is 28.4. The van der Waals surface area contributed by atoms with Crippen molar-refractivity contribution in [1.29, 1.82) is 0 Å². The highest BCUT2D eigenvalue weighted by Gasteiger charge is 2.89. The monoisotopic (exact) mass is 546 g/mol. The van der Waals surface area contributed by atoms with Crippen LogP contribution in [0.3, 0.4) is 0 Å². The van der Waals surface area contributed by atoms with Gasteiger partial charge in [-0.1, -0.05) is 30.1 Å². The Balaban J connectivity index is 0.000000360. The largest absolute Gasteiger partial charge is 0.290 e. The number of ketones is 2. The number of rotatable bonds is 6. The Hall–Kier alpha value is -5.98. The lowest BCUT2D eigenvalue weighted by atomic mass is 10.2. The van der Waals surface area contributed by atoms with E-state index in [2.05, 4.69) is 0 Å². The molecule has 202 valence electrons. The van der Waals surface area contributed by atoms with Crippen LogP contribution < -0.4 is 0 Å². The molecular weight excluding hydrogens is 536 g/mol. The molecule has 5 fully saturated rings. The van der Waals surface area contributed by atoms with Crippen molar-refractivity contribution < 1.29 is 39.8 Å². The normalized spacial score (nSPS) is 29.9. The van der Waals surface area contributed by atoms with Crippen LogP contribution in [-0.2, 0) is 9.59 Å². The number of piperazine rings is 1. The Morgan fingerprint density at radius 3 is 0.632 bits per heavy atom. The van der Waals surface area contributed by atoms with Crippen molar-refractivity contribution in [1.82, 2.24) is 30.1 Å². The maximum atomic E-state index is 11.7. The van der Waals surface area contributed by atoms with E-state index >= 15 is 0 Å². The molecule has 5 aliphatic heterocycles. The number of hydrazine groups is 6. The molecule has 0 unspecified atom stereocenters. The highest BCUT2D eigenvalue weighted by atomic mass is 16.7. The fourth-order valence-corrected chi connectivity index (χ4v) is 4.90. The van der Waals surface area contributed by atoms with E-state index in [9.17, 15) is 70.3 Å². The fraction of sp³-hybridized carbons (Fsp3) is 0.500. The van der Waals surface area contributed by atoms with Gasteiger partial charge in [0, 0.05) is 0 Å². The fourth-order valence-electron chi connectivity index (χ4n) is 4.90. The van der Waals surface area contributed by atoms with E-state index < -0.39 is 67.2 Å². The van der Waals surface area contributed by atoms with E-state index in [1.54, 1.807) is 0 Å². The van der Waals surface area contributed by atoms with Crippen LogP contribution >= 0.6 is 0 Å². The first kappa shape index (κ1) is 25.1. The molecule has 0 aromatic heterocycles. The SMILES string of the molecule is O=C1C=CC(=O)C=C1.O=[N+]([O-])N1C2C3N([N+](=O)[O-])[C@H]4[C@@H](N3[N+](=O)[O-])N([N+](=O)[O-])[C@@H]1[C@@H](N2[N+](=O)[O-])N4[N+](=O)[O-]. The van der Waals surface area contributed by atoms with E-state index in [4.69, 9.17) is 0 Å². The predicted molar refractivity (Wildman–Crippen MR) is 104 cm³/mol. The summed E-state index contributed by atoms with van der Waals surface area (Å²) in [6.45, 7) is 0. The van der Waals surface area contributed by atoms with Crippen LogP contribution in [-0.4, -0.2) is 109 Å². The van der Waals surface area contributed by atoms with Gasteiger partial charge in [0.1, 0.15) is 0 Å². The number of nitro groups is 6. The third kappa shape index (κ3) is 3.26. The van der Waals surface area contributed by atoms with Crippen molar-refractivity contribution in [2.75, 3.05) is 0 Å². The standard InChI is InChI=1S/C6H6N12O12.C6H4O2/c19-13(20)7-1-2-8(14(21)22)5(7)6-9(15(23)24)3(11(1)17(27)28)4(10(6)16(25)26)12(2)18(29)30;7-5-1-2-6(8)4-3-5/h1-6H;1-4H/t1-,2+,3+,4-,5?,6?;. The topological polar surface area (TPSA) is 312 Å². The van der Waals surface area contributed by atoms with E-state index in [1.807, 2.05) is 0 Å². The van der Waals surface area contributed by atoms with Crippen LogP contribution in [0.1, 0.15) is 0 Å². The number of hydrogen-bond donors (Lipinski definition) is 0. The van der Waals surface area contributed by atoms with Crippen molar-refractivity contribution >= 4 is 11.6 Å². The second-order valence-electron chi connectivity index (χ2n) is 7.66. The first-order valence-corrected chi connectivity index (χ1v) is 9.72. The van der Waals surface area contributed by atoms with Crippen molar-refractivity contribution in [2.24, 2.45) is 0 Å². The minimum absolute atomic E-state index is 0.121. The van der Waals surface area contributed by atoms with Crippen LogP contribution in [0, 0.1) is 60.7 Å². The van der Waals surface area contributed by atoms with Crippen molar-refractivity contribution in [3.05, 3.63) is 85.0 Å². The molecule has 0 radical (unpaired) electrons. The van der Waals surface area contributed by atoms with Gasteiger partial charge in [-0.05, 0) is 24.3 Å². The molecule has 1 aliphatic carbocycles. The van der Waals surface area contributed by atoms with Gasteiger partial charge in [0.2, 0.25) is 0 Å². The van der Waals surface area contributed by atoms with Crippen molar-refractivity contribution in [3.8, 4) is 0 Å². The van der Waals surface area contributed by atoms with Gasteiger partial charge in [0.15, 0.2) is 41.8 Å². The summed E-state index contributed by atoms with van der Waals surface area (Å²) in [4.78, 5) is 90.5. The molecular formula is C12H10N12O14. The molecule has 5 saturated heterocycles. The van der Waals surface area contributed by atoms with Gasteiger partial charge in [-0.15, -0.1) is 0 Å².